The second kappa shape index (κ2) is 7.43. The summed E-state index contributed by atoms with van der Waals surface area (Å²) < 4.78 is 24.8. The van der Waals surface area contributed by atoms with Crippen LogP contribution >= 0.6 is 0 Å². The molecule has 25 heavy (non-hydrogen) atoms. The highest BCUT2D eigenvalue weighted by Crippen LogP contribution is 2.44. The zero-order valence-electron chi connectivity index (χ0n) is 14.9. The zero-order chi connectivity index (χ0) is 18.0. The molecule has 0 radical (unpaired) electrons. The number of rotatable bonds is 6. The lowest BCUT2D eigenvalue weighted by Gasteiger charge is -2.24. The lowest BCUT2D eigenvalue weighted by Crippen LogP contribution is -2.40. The van der Waals surface area contributed by atoms with E-state index in [2.05, 4.69) is 22.3 Å². The Morgan fingerprint density at radius 1 is 1.28 bits per heavy atom. The zero-order valence-corrected chi connectivity index (χ0v) is 15.7. The summed E-state index contributed by atoms with van der Waals surface area (Å²) in [5.41, 5.74) is 1.26. The topological polar surface area (TPSA) is 69.7 Å². The number of hydrogen-bond donors (Lipinski definition) is 1. The molecule has 0 aromatic heterocycles. The van der Waals surface area contributed by atoms with Gasteiger partial charge in [-0.15, -0.1) is 0 Å². The summed E-state index contributed by atoms with van der Waals surface area (Å²) >= 11 is 0. The van der Waals surface area contributed by atoms with Gasteiger partial charge in [0.1, 0.15) is 0 Å². The highest BCUT2D eigenvalue weighted by molar-refractivity contribution is 7.89. The third-order valence-corrected chi connectivity index (χ3v) is 7.25. The van der Waals surface area contributed by atoms with E-state index in [1.165, 1.54) is 24.0 Å². The first-order chi connectivity index (χ1) is 11.9. The van der Waals surface area contributed by atoms with Crippen LogP contribution in [-0.4, -0.2) is 62.5 Å². The normalized spacial score (nSPS) is 26.8. The van der Waals surface area contributed by atoms with Crippen LogP contribution in [0.4, 0.5) is 0 Å². The number of nitrogens with zero attached hydrogens (tertiary/aromatic N) is 2. The van der Waals surface area contributed by atoms with Crippen LogP contribution in [0.1, 0.15) is 30.9 Å². The van der Waals surface area contributed by atoms with Crippen molar-refractivity contribution in [3.8, 4) is 0 Å². The van der Waals surface area contributed by atoms with E-state index >= 15 is 0 Å². The molecule has 1 aromatic carbocycles. The minimum Gasteiger partial charge on any atom is -0.355 e. The Morgan fingerprint density at radius 3 is 2.68 bits per heavy atom. The Morgan fingerprint density at radius 2 is 2.00 bits per heavy atom. The largest absolute Gasteiger partial charge is 0.355 e. The lowest BCUT2D eigenvalue weighted by atomic mass is 9.93. The van der Waals surface area contributed by atoms with Crippen molar-refractivity contribution < 1.29 is 13.2 Å². The second-order valence-electron chi connectivity index (χ2n) is 7.11. The van der Waals surface area contributed by atoms with Crippen LogP contribution in [0.25, 0.3) is 0 Å². The van der Waals surface area contributed by atoms with Crippen molar-refractivity contribution in [2.75, 3.05) is 32.9 Å². The number of fused-ring (bicyclic) bond motifs is 1. The molecule has 2 aliphatic rings. The molecule has 0 unspecified atom stereocenters. The van der Waals surface area contributed by atoms with Crippen LogP contribution < -0.4 is 5.32 Å². The average molecular weight is 365 g/mol. The molecular formula is C18H27N3O3S. The molecule has 7 heteroatoms. The van der Waals surface area contributed by atoms with E-state index in [0.717, 1.165) is 25.8 Å². The van der Waals surface area contributed by atoms with Gasteiger partial charge in [-0.05, 0) is 31.4 Å². The van der Waals surface area contributed by atoms with E-state index < -0.39 is 10.0 Å². The van der Waals surface area contributed by atoms with Gasteiger partial charge in [0.25, 0.3) is 0 Å². The summed E-state index contributed by atoms with van der Waals surface area (Å²) in [4.78, 5) is 15.1. The minimum absolute atomic E-state index is 0.00992. The van der Waals surface area contributed by atoms with Gasteiger partial charge in [0, 0.05) is 32.7 Å². The molecule has 1 amide bonds. The van der Waals surface area contributed by atoms with Crippen LogP contribution in [-0.2, 0) is 14.8 Å². The molecule has 0 saturated carbocycles. The maximum Gasteiger partial charge on any atom is 0.224 e. The molecule has 3 atom stereocenters. The van der Waals surface area contributed by atoms with Crippen LogP contribution in [0.15, 0.2) is 30.3 Å². The van der Waals surface area contributed by atoms with Gasteiger partial charge in [0.2, 0.25) is 15.9 Å². The maximum atomic E-state index is 12.7. The first-order valence-corrected chi connectivity index (χ1v) is 10.5. The molecule has 2 heterocycles. The van der Waals surface area contributed by atoms with Crippen LogP contribution in [0.2, 0.25) is 0 Å². The standard InChI is InChI=1S/C18H27N3O3S/c1-20(2)25(23,24)12-10-19-18(22)15-13-17(14-7-4-3-5-8-14)21-11-6-9-16(15)21/h3-5,7-8,15-17H,6,9-13H2,1-2H3,(H,19,22)/t15-,16+,17-/m1/s1. The molecule has 2 fully saturated rings. The highest BCUT2D eigenvalue weighted by Gasteiger charge is 2.46. The molecular weight excluding hydrogens is 338 g/mol. The highest BCUT2D eigenvalue weighted by atomic mass is 32.2. The number of benzene rings is 1. The van der Waals surface area contributed by atoms with E-state index in [0.29, 0.717) is 0 Å². The Balaban J connectivity index is 1.63. The van der Waals surface area contributed by atoms with Crippen LogP contribution in [0.5, 0.6) is 0 Å². The number of carbonyl (C=O) groups excluding carboxylic acids is 1. The van der Waals surface area contributed by atoms with Crippen molar-refractivity contribution in [2.24, 2.45) is 5.92 Å². The third-order valence-electron chi connectivity index (χ3n) is 5.42. The summed E-state index contributed by atoms with van der Waals surface area (Å²) in [5.74, 6) is -0.131. The van der Waals surface area contributed by atoms with Crippen molar-refractivity contribution >= 4 is 15.9 Å². The average Bonchev–Trinajstić information content (AvgIpc) is 3.17. The van der Waals surface area contributed by atoms with Gasteiger partial charge in [0.15, 0.2) is 0 Å². The van der Waals surface area contributed by atoms with Gasteiger partial charge >= 0.3 is 0 Å². The Hall–Kier alpha value is -1.44. The van der Waals surface area contributed by atoms with E-state index in [1.54, 1.807) is 0 Å². The van der Waals surface area contributed by atoms with Crippen molar-refractivity contribution in [3.63, 3.8) is 0 Å². The first kappa shape index (κ1) is 18.4. The van der Waals surface area contributed by atoms with Crippen molar-refractivity contribution in [2.45, 2.75) is 31.3 Å². The molecule has 2 saturated heterocycles. The Kier molecular flexibility index (Phi) is 5.46. The number of sulfonamides is 1. The van der Waals surface area contributed by atoms with Crippen molar-refractivity contribution in [1.29, 1.82) is 0 Å². The Bertz CT molecular complexity index is 706. The van der Waals surface area contributed by atoms with Gasteiger partial charge in [-0.25, -0.2) is 12.7 Å². The summed E-state index contributed by atoms with van der Waals surface area (Å²) in [6.07, 6.45) is 2.96. The summed E-state index contributed by atoms with van der Waals surface area (Å²) in [7, 11) is -0.263. The number of carbonyl (C=O) groups is 1. The predicted molar refractivity (Wildman–Crippen MR) is 97.5 cm³/mol. The van der Waals surface area contributed by atoms with Gasteiger partial charge < -0.3 is 5.32 Å². The summed E-state index contributed by atoms with van der Waals surface area (Å²) in [6.45, 7) is 1.20. The molecule has 3 rings (SSSR count). The van der Waals surface area contributed by atoms with E-state index in [-0.39, 0.29) is 36.2 Å². The fraction of sp³-hybridized carbons (Fsp3) is 0.611. The van der Waals surface area contributed by atoms with Crippen LogP contribution in [0, 0.1) is 5.92 Å². The van der Waals surface area contributed by atoms with Gasteiger partial charge in [-0.3, -0.25) is 9.69 Å². The monoisotopic (exact) mass is 365 g/mol. The molecule has 1 N–H and O–H groups in total. The number of amides is 1. The first-order valence-electron chi connectivity index (χ1n) is 8.89. The van der Waals surface area contributed by atoms with Gasteiger partial charge in [0.05, 0.1) is 11.7 Å². The molecule has 6 nitrogen and oxygen atoms in total. The maximum absolute atomic E-state index is 12.7. The number of nitrogens with one attached hydrogen (secondary N) is 1. The molecule has 2 aliphatic heterocycles. The van der Waals surface area contributed by atoms with E-state index in [9.17, 15) is 13.2 Å². The predicted octanol–water partition coefficient (Wildman–Crippen LogP) is 1.22. The fourth-order valence-corrected chi connectivity index (χ4v) is 4.79. The van der Waals surface area contributed by atoms with Crippen LogP contribution in [0.3, 0.4) is 0 Å². The minimum atomic E-state index is -3.28. The van der Waals surface area contributed by atoms with E-state index in [1.807, 2.05) is 18.2 Å². The van der Waals surface area contributed by atoms with E-state index in [4.69, 9.17) is 0 Å². The van der Waals surface area contributed by atoms with Crippen molar-refractivity contribution in [1.82, 2.24) is 14.5 Å². The molecule has 1 aromatic rings. The second-order valence-corrected chi connectivity index (χ2v) is 9.41. The molecule has 0 bridgehead atoms. The smallest absolute Gasteiger partial charge is 0.224 e. The van der Waals surface area contributed by atoms with Gasteiger partial charge in [-0.1, -0.05) is 30.3 Å². The molecule has 138 valence electrons. The summed E-state index contributed by atoms with van der Waals surface area (Å²) in [6, 6.07) is 10.9. The van der Waals surface area contributed by atoms with Crippen molar-refractivity contribution in [3.05, 3.63) is 35.9 Å². The number of hydrogen-bond acceptors (Lipinski definition) is 4. The molecule has 0 aliphatic carbocycles. The van der Waals surface area contributed by atoms with Gasteiger partial charge in [-0.2, -0.15) is 0 Å². The lowest BCUT2D eigenvalue weighted by molar-refractivity contribution is -0.125. The molecule has 0 spiro atoms. The Labute approximate surface area is 150 Å². The summed E-state index contributed by atoms with van der Waals surface area (Å²) in [5, 5.41) is 2.85. The quantitative estimate of drug-likeness (QED) is 0.823. The SMILES string of the molecule is CN(C)S(=O)(=O)CCNC(=O)[C@@H]1C[C@H](c2ccccc2)N2CCC[C@@H]12. The fourth-order valence-electron chi connectivity index (χ4n) is 4.07. The third kappa shape index (κ3) is 3.88.